The van der Waals surface area contributed by atoms with Gasteiger partial charge in [0.25, 0.3) is 0 Å². The van der Waals surface area contributed by atoms with Crippen molar-refractivity contribution in [2.45, 2.75) is 6.92 Å². The van der Waals surface area contributed by atoms with Crippen LogP contribution >= 0.6 is 0 Å². The van der Waals surface area contributed by atoms with Crippen molar-refractivity contribution < 1.29 is 0 Å². The fraction of sp³-hybridized carbons (Fsp3) is 0.0213. The summed E-state index contributed by atoms with van der Waals surface area (Å²) in [6, 6.07) is 48.5. The molecule has 3 heterocycles. The van der Waals surface area contributed by atoms with E-state index in [1.807, 2.05) is 49.5 Å². The van der Waals surface area contributed by atoms with Crippen molar-refractivity contribution in [1.29, 1.82) is 0 Å². The lowest BCUT2D eigenvalue weighted by atomic mass is 9.89. The Labute approximate surface area is 308 Å². The van der Waals surface area contributed by atoms with Crippen molar-refractivity contribution in [3.8, 4) is 67.3 Å². The van der Waals surface area contributed by atoms with Gasteiger partial charge in [0.05, 0.1) is 5.52 Å². The molecule has 0 fully saturated rings. The van der Waals surface area contributed by atoms with Gasteiger partial charge in [0.1, 0.15) is 0 Å². The summed E-state index contributed by atoms with van der Waals surface area (Å²) in [5, 5.41) is 1.06. The molecule has 8 aromatic rings. The van der Waals surface area contributed by atoms with Gasteiger partial charge in [-0.2, -0.15) is 0 Å². The Morgan fingerprint density at radius 3 is 1.85 bits per heavy atom. The monoisotopic (exact) mass is 682 g/mol. The molecule has 3 aromatic heterocycles. The van der Waals surface area contributed by atoms with E-state index in [9.17, 15) is 0 Å². The van der Waals surface area contributed by atoms with Crippen LogP contribution in [0.2, 0.25) is 0 Å². The van der Waals surface area contributed by atoms with Crippen LogP contribution in [-0.2, 0) is 0 Å². The predicted molar refractivity (Wildman–Crippen MR) is 218 cm³/mol. The van der Waals surface area contributed by atoms with Crippen LogP contribution in [0.5, 0.6) is 0 Å². The molecule has 0 radical (unpaired) electrons. The van der Waals surface area contributed by atoms with Crippen LogP contribution < -0.4 is 0 Å². The van der Waals surface area contributed by atoms with E-state index in [1.54, 1.807) is 18.6 Å². The average molecular weight is 683 g/mol. The second-order valence-electron chi connectivity index (χ2n) is 12.4. The zero-order valence-corrected chi connectivity index (χ0v) is 29.1. The van der Waals surface area contributed by atoms with Gasteiger partial charge in [0.15, 0.2) is 17.5 Å². The number of hydrogen-bond donors (Lipinski definition) is 0. The maximum atomic E-state index is 4.98. The number of allylic oxidation sites excluding steroid dienone is 3. The highest BCUT2D eigenvalue weighted by molar-refractivity contribution is 5.99. The number of benzene rings is 5. The largest absolute Gasteiger partial charge is 0.272 e. The molecule has 53 heavy (non-hydrogen) atoms. The number of pyridine rings is 2. The lowest BCUT2D eigenvalue weighted by Crippen LogP contribution is -2.03. The van der Waals surface area contributed by atoms with Gasteiger partial charge < -0.3 is 0 Å². The molecule has 6 nitrogen and oxygen atoms in total. The lowest BCUT2D eigenvalue weighted by molar-refractivity contribution is 1.03. The molecule has 252 valence electrons. The van der Waals surface area contributed by atoms with E-state index in [1.165, 1.54) is 16.7 Å². The molecule has 0 saturated carbocycles. The molecule has 0 aliphatic rings. The van der Waals surface area contributed by atoms with Crippen LogP contribution in [0.4, 0.5) is 0 Å². The first-order valence-electron chi connectivity index (χ1n) is 17.4. The van der Waals surface area contributed by atoms with Crippen molar-refractivity contribution in [2.24, 2.45) is 4.99 Å². The molecular formula is C47H34N6. The third kappa shape index (κ3) is 6.81. The second kappa shape index (κ2) is 15.0. The molecule has 0 N–H and O–H groups in total. The predicted octanol–water partition coefficient (Wildman–Crippen LogP) is 11.4. The van der Waals surface area contributed by atoms with Crippen LogP contribution in [0.25, 0.3) is 83.8 Å². The first kappa shape index (κ1) is 33.0. The summed E-state index contributed by atoms with van der Waals surface area (Å²) in [6.07, 6.45) is 10.8. The van der Waals surface area contributed by atoms with E-state index < -0.39 is 0 Å². The molecule has 0 atom stereocenters. The van der Waals surface area contributed by atoms with Gasteiger partial charge in [0, 0.05) is 52.4 Å². The molecule has 8 rings (SSSR count). The van der Waals surface area contributed by atoms with E-state index in [-0.39, 0.29) is 0 Å². The van der Waals surface area contributed by atoms with Crippen molar-refractivity contribution in [3.05, 3.63) is 182 Å². The molecule has 0 amide bonds. The van der Waals surface area contributed by atoms with Crippen LogP contribution in [0, 0.1) is 0 Å². The quantitative estimate of drug-likeness (QED) is 0.112. The number of nitrogens with zero attached hydrogens (tertiary/aromatic N) is 6. The summed E-state index contributed by atoms with van der Waals surface area (Å²) in [5.41, 5.74) is 12.2. The summed E-state index contributed by atoms with van der Waals surface area (Å²) < 4.78 is 0. The summed E-state index contributed by atoms with van der Waals surface area (Å²) >= 11 is 0. The Kier molecular flexibility index (Phi) is 9.32. The third-order valence-electron chi connectivity index (χ3n) is 9.11. The highest BCUT2D eigenvalue weighted by Crippen LogP contribution is 2.40. The van der Waals surface area contributed by atoms with Crippen molar-refractivity contribution >= 4 is 23.2 Å². The van der Waals surface area contributed by atoms with Gasteiger partial charge in [-0.05, 0) is 76.9 Å². The highest BCUT2D eigenvalue weighted by Gasteiger charge is 2.18. The second-order valence-corrected chi connectivity index (χ2v) is 12.4. The van der Waals surface area contributed by atoms with Crippen LogP contribution in [0.3, 0.4) is 0 Å². The minimum absolute atomic E-state index is 0.489. The van der Waals surface area contributed by atoms with E-state index >= 15 is 0 Å². The zero-order valence-electron chi connectivity index (χ0n) is 29.1. The first-order chi connectivity index (χ1) is 26.2. The van der Waals surface area contributed by atoms with E-state index in [2.05, 4.69) is 132 Å². The normalized spacial score (nSPS) is 11.6. The number of para-hydroxylation sites is 1. The number of hydrogen-bond acceptors (Lipinski definition) is 6. The third-order valence-corrected chi connectivity index (χ3v) is 9.11. The minimum atomic E-state index is 0.489. The SMILES string of the molecule is C=N/C=C(\C=C/C)c1nc(-c2cccnc2)nc(-c2ccc(-c3ccc(-c4ccccc4-c4ccccc4)cc3)c(-c3cccc4cccnc34)c2)n1. The van der Waals surface area contributed by atoms with Crippen molar-refractivity contribution in [1.82, 2.24) is 24.9 Å². The molecule has 0 unspecified atom stereocenters. The standard InChI is InChI=1S/C47H34N6/c1-3-12-37(30-48-2)46-51-45(52-47(53-46)38-17-10-27-49-31-38)36-25-26-41(43(29-36)42-20-9-15-35-16-11-28-50-44(35)42)34-23-21-33(22-24-34)40-19-8-7-18-39(40)32-13-5-4-6-14-32/h3-31H,2H2,1H3/b12-3-,37-30+. The van der Waals surface area contributed by atoms with Crippen molar-refractivity contribution in [2.75, 3.05) is 0 Å². The first-order valence-corrected chi connectivity index (χ1v) is 17.4. The fourth-order valence-corrected chi connectivity index (χ4v) is 6.62. The summed E-state index contributed by atoms with van der Waals surface area (Å²) in [7, 11) is 0. The van der Waals surface area contributed by atoms with Gasteiger partial charge in [-0.25, -0.2) is 15.0 Å². The molecule has 5 aromatic carbocycles. The Morgan fingerprint density at radius 2 is 1.15 bits per heavy atom. The summed E-state index contributed by atoms with van der Waals surface area (Å²) in [6.45, 7) is 5.61. The van der Waals surface area contributed by atoms with Gasteiger partial charge in [0.2, 0.25) is 0 Å². The number of aliphatic imine (C=N–C) groups is 1. The Morgan fingerprint density at radius 1 is 0.547 bits per heavy atom. The molecular weight excluding hydrogens is 649 g/mol. The Balaban J connectivity index is 1.30. The minimum Gasteiger partial charge on any atom is -0.272 e. The molecule has 0 saturated heterocycles. The molecule has 0 spiro atoms. The van der Waals surface area contributed by atoms with E-state index in [0.717, 1.165) is 55.4 Å². The van der Waals surface area contributed by atoms with Gasteiger partial charge in [-0.15, -0.1) is 0 Å². The lowest BCUT2D eigenvalue weighted by Gasteiger charge is -2.16. The number of rotatable bonds is 9. The molecule has 6 heteroatoms. The fourth-order valence-electron chi connectivity index (χ4n) is 6.62. The van der Waals surface area contributed by atoms with Crippen LogP contribution in [-0.4, -0.2) is 31.6 Å². The number of aromatic nitrogens is 5. The maximum Gasteiger partial charge on any atom is 0.165 e. The van der Waals surface area contributed by atoms with E-state index in [0.29, 0.717) is 17.5 Å². The zero-order chi connectivity index (χ0) is 36.0. The molecule has 0 bridgehead atoms. The topological polar surface area (TPSA) is 76.8 Å². The van der Waals surface area contributed by atoms with Gasteiger partial charge >= 0.3 is 0 Å². The van der Waals surface area contributed by atoms with Gasteiger partial charge in [-0.1, -0.05) is 127 Å². The van der Waals surface area contributed by atoms with Crippen LogP contribution in [0.15, 0.2) is 181 Å². The Bertz CT molecular complexity index is 2620. The maximum absolute atomic E-state index is 4.98. The molecule has 0 aliphatic carbocycles. The van der Waals surface area contributed by atoms with E-state index in [4.69, 9.17) is 19.9 Å². The molecule has 0 aliphatic heterocycles. The average Bonchev–Trinajstić information content (AvgIpc) is 3.24. The van der Waals surface area contributed by atoms with Crippen LogP contribution in [0.1, 0.15) is 12.7 Å². The summed E-state index contributed by atoms with van der Waals surface area (Å²) in [4.78, 5) is 28.0. The number of fused-ring (bicyclic) bond motifs is 1. The van der Waals surface area contributed by atoms with Gasteiger partial charge in [-0.3, -0.25) is 15.0 Å². The summed E-state index contributed by atoms with van der Waals surface area (Å²) in [5.74, 6) is 1.53. The Hall–Kier alpha value is -7.18. The van der Waals surface area contributed by atoms with Crippen molar-refractivity contribution in [3.63, 3.8) is 0 Å². The smallest absolute Gasteiger partial charge is 0.165 e. The highest BCUT2D eigenvalue weighted by atomic mass is 15.0.